The molecular weight excluding hydrogens is 340 g/mol. The van der Waals surface area contributed by atoms with Crippen molar-refractivity contribution in [2.45, 2.75) is 58.6 Å². The average molecular weight is 373 g/mol. The highest BCUT2D eigenvalue weighted by Crippen LogP contribution is 2.22. The number of hydrogen-bond acceptors (Lipinski definition) is 6. The minimum absolute atomic E-state index is 0.126. The molecule has 1 aliphatic heterocycles. The molecule has 7 heteroatoms. The molecule has 1 aliphatic rings. The highest BCUT2D eigenvalue weighted by molar-refractivity contribution is 5.54. The summed E-state index contributed by atoms with van der Waals surface area (Å²) in [6.07, 6.45) is 7.90. The molecular formula is C20H32N6O. The predicted octanol–water partition coefficient (Wildman–Crippen LogP) is 3.35. The van der Waals surface area contributed by atoms with Crippen molar-refractivity contribution in [2.24, 2.45) is 0 Å². The first kappa shape index (κ1) is 19.8. The summed E-state index contributed by atoms with van der Waals surface area (Å²) >= 11 is 0. The van der Waals surface area contributed by atoms with Crippen molar-refractivity contribution in [3.8, 4) is 0 Å². The Morgan fingerprint density at radius 3 is 2.59 bits per heavy atom. The summed E-state index contributed by atoms with van der Waals surface area (Å²) in [7, 11) is 1.68. The summed E-state index contributed by atoms with van der Waals surface area (Å²) in [4.78, 5) is 11.8. The second kappa shape index (κ2) is 8.80. The maximum absolute atomic E-state index is 5.26. The fourth-order valence-electron chi connectivity index (χ4n) is 3.24. The van der Waals surface area contributed by atoms with Crippen LogP contribution in [0.2, 0.25) is 0 Å². The van der Waals surface area contributed by atoms with Gasteiger partial charge in [-0.05, 0) is 25.9 Å². The molecule has 0 aromatic carbocycles. The predicted molar refractivity (Wildman–Crippen MR) is 107 cm³/mol. The van der Waals surface area contributed by atoms with Crippen LogP contribution in [0.4, 0.5) is 11.5 Å². The van der Waals surface area contributed by atoms with Crippen LogP contribution >= 0.6 is 0 Å². The molecule has 0 aliphatic carbocycles. The van der Waals surface area contributed by atoms with Crippen LogP contribution < -0.4 is 5.32 Å². The van der Waals surface area contributed by atoms with Crippen molar-refractivity contribution >= 4 is 11.5 Å². The monoisotopic (exact) mass is 372 g/mol. The third-order valence-corrected chi connectivity index (χ3v) is 4.74. The van der Waals surface area contributed by atoms with E-state index in [1.807, 2.05) is 23.1 Å². The van der Waals surface area contributed by atoms with Crippen molar-refractivity contribution in [2.75, 3.05) is 32.1 Å². The van der Waals surface area contributed by atoms with Crippen LogP contribution in [0.5, 0.6) is 0 Å². The smallest absolute Gasteiger partial charge is 0.136 e. The Balaban J connectivity index is 1.66. The van der Waals surface area contributed by atoms with Gasteiger partial charge < -0.3 is 15.0 Å². The topological polar surface area (TPSA) is 68.1 Å². The number of likely N-dealkylation sites (tertiary alicyclic amines) is 1. The molecule has 0 atom stereocenters. The molecule has 0 spiro atoms. The minimum Gasteiger partial charge on any atom is -0.378 e. The van der Waals surface area contributed by atoms with E-state index in [-0.39, 0.29) is 5.41 Å². The molecule has 0 unspecified atom stereocenters. The third-order valence-electron chi connectivity index (χ3n) is 4.74. The van der Waals surface area contributed by atoms with Crippen LogP contribution in [0.3, 0.4) is 0 Å². The summed E-state index contributed by atoms with van der Waals surface area (Å²) in [5, 5.41) is 7.86. The van der Waals surface area contributed by atoms with Gasteiger partial charge in [-0.15, -0.1) is 0 Å². The van der Waals surface area contributed by atoms with E-state index in [0.717, 1.165) is 36.1 Å². The van der Waals surface area contributed by atoms with Crippen LogP contribution in [-0.4, -0.2) is 51.4 Å². The van der Waals surface area contributed by atoms with Gasteiger partial charge in [0.25, 0.3) is 0 Å². The van der Waals surface area contributed by atoms with Crippen molar-refractivity contribution in [1.29, 1.82) is 0 Å². The second-order valence-electron chi connectivity index (χ2n) is 8.27. The second-order valence-corrected chi connectivity index (χ2v) is 8.27. The van der Waals surface area contributed by atoms with Gasteiger partial charge in [-0.25, -0.2) is 9.97 Å². The minimum atomic E-state index is -0.126. The van der Waals surface area contributed by atoms with Crippen LogP contribution in [0.25, 0.3) is 0 Å². The molecule has 7 nitrogen and oxygen atoms in total. The Kier molecular flexibility index (Phi) is 6.44. The Bertz CT molecular complexity index is 730. The largest absolute Gasteiger partial charge is 0.378 e. The first-order valence-corrected chi connectivity index (χ1v) is 9.83. The maximum Gasteiger partial charge on any atom is 0.136 e. The fourth-order valence-corrected chi connectivity index (χ4v) is 3.24. The van der Waals surface area contributed by atoms with E-state index in [1.165, 1.54) is 32.4 Å². The number of aromatic nitrogens is 4. The average Bonchev–Trinajstić information content (AvgIpc) is 3.07. The molecule has 148 valence electrons. The summed E-state index contributed by atoms with van der Waals surface area (Å²) in [6.45, 7) is 11.2. The van der Waals surface area contributed by atoms with Gasteiger partial charge in [-0.3, -0.25) is 4.68 Å². The molecule has 0 bridgehead atoms. The molecule has 0 radical (unpaired) electrons. The molecule has 0 saturated carbocycles. The van der Waals surface area contributed by atoms with Gasteiger partial charge in [-0.2, -0.15) is 5.10 Å². The van der Waals surface area contributed by atoms with Crippen LogP contribution in [0.15, 0.2) is 18.5 Å². The SMILES string of the molecule is COCc1cc(Nc2cnn(CCN3CCCCC3)c2)nc(C(C)(C)C)n1. The lowest BCUT2D eigenvalue weighted by atomic mass is 9.95. The Labute approximate surface area is 162 Å². The van der Waals surface area contributed by atoms with Crippen molar-refractivity contribution < 1.29 is 4.74 Å². The van der Waals surface area contributed by atoms with Crippen LogP contribution in [0, 0.1) is 0 Å². The van der Waals surface area contributed by atoms with Crippen LogP contribution in [0.1, 0.15) is 51.6 Å². The van der Waals surface area contributed by atoms with Gasteiger partial charge in [0, 0.05) is 31.3 Å². The summed E-state index contributed by atoms with van der Waals surface area (Å²) < 4.78 is 7.25. The summed E-state index contributed by atoms with van der Waals surface area (Å²) in [5.41, 5.74) is 1.69. The highest BCUT2D eigenvalue weighted by Gasteiger charge is 2.19. The van der Waals surface area contributed by atoms with Gasteiger partial charge in [-0.1, -0.05) is 27.2 Å². The van der Waals surface area contributed by atoms with Gasteiger partial charge in [0.1, 0.15) is 11.6 Å². The molecule has 0 amide bonds. The van der Waals surface area contributed by atoms with Gasteiger partial charge in [0.2, 0.25) is 0 Å². The quantitative estimate of drug-likeness (QED) is 0.804. The maximum atomic E-state index is 5.26. The fraction of sp³-hybridized carbons (Fsp3) is 0.650. The van der Waals surface area contributed by atoms with Crippen molar-refractivity contribution in [1.82, 2.24) is 24.6 Å². The number of ether oxygens (including phenoxy) is 1. The molecule has 27 heavy (non-hydrogen) atoms. The van der Waals surface area contributed by atoms with Crippen molar-refractivity contribution in [3.63, 3.8) is 0 Å². The van der Waals surface area contributed by atoms with E-state index >= 15 is 0 Å². The van der Waals surface area contributed by atoms with E-state index in [1.54, 1.807) is 7.11 Å². The number of nitrogens with zero attached hydrogens (tertiary/aromatic N) is 5. The first-order chi connectivity index (χ1) is 12.9. The van der Waals surface area contributed by atoms with E-state index < -0.39 is 0 Å². The van der Waals surface area contributed by atoms with Gasteiger partial charge in [0.15, 0.2) is 0 Å². The molecule has 2 aromatic heterocycles. The van der Waals surface area contributed by atoms with Gasteiger partial charge in [0.05, 0.1) is 30.7 Å². The third kappa shape index (κ3) is 5.74. The number of rotatable bonds is 7. The normalized spacial score (nSPS) is 15.9. The standard InChI is InChI=1S/C20H32N6O/c1-20(2,3)19-23-16(15-27-4)12-18(24-19)22-17-13-21-26(14-17)11-10-25-8-6-5-7-9-25/h12-14H,5-11,15H2,1-4H3,(H,22,23,24). The number of methoxy groups -OCH3 is 1. The molecule has 1 saturated heterocycles. The molecule has 3 rings (SSSR count). The van der Waals surface area contributed by atoms with E-state index in [0.29, 0.717) is 6.61 Å². The number of nitrogens with one attached hydrogen (secondary N) is 1. The van der Waals surface area contributed by atoms with Crippen LogP contribution in [-0.2, 0) is 23.3 Å². The van der Waals surface area contributed by atoms with E-state index in [4.69, 9.17) is 4.74 Å². The Morgan fingerprint density at radius 2 is 1.89 bits per heavy atom. The number of anilines is 2. The molecule has 3 heterocycles. The lowest BCUT2D eigenvalue weighted by molar-refractivity contribution is 0.181. The lowest BCUT2D eigenvalue weighted by Gasteiger charge is -2.26. The van der Waals surface area contributed by atoms with E-state index in [2.05, 4.69) is 46.1 Å². The first-order valence-electron chi connectivity index (χ1n) is 9.83. The molecule has 1 N–H and O–H groups in total. The summed E-state index contributed by atoms with van der Waals surface area (Å²) in [6, 6.07) is 1.93. The zero-order valence-corrected chi connectivity index (χ0v) is 17.0. The highest BCUT2D eigenvalue weighted by atomic mass is 16.5. The summed E-state index contributed by atoms with van der Waals surface area (Å²) in [5.74, 6) is 1.58. The zero-order valence-electron chi connectivity index (χ0n) is 17.0. The Morgan fingerprint density at radius 1 is 1.11 bits per heavy atom. The molecule has 1 fully saturated rings. The molecule has 2 aromatic rings. The lowest BCUT2D eigenvalue weighted by Crippen LogP contribution is -2.32. The number of hydrogen-bond donors (Lipinski definition) is 1. The zero-order chi connectivity index (χ0) is 19.3. The van der Waals surface area contributed by atoms with Gasteiger partial charge >= 0.3 is 0 Å². The van der Waals surface area contributed by atoms with Crippen molar-refractivity contribution in [3.05, 3.63) is 30.0 Å². The number of piperidine rings is 1. The Hall–Kier alpha value is -1.99. The van der Waals surface area contributed by atoms with E-state index in [9.17, 15) is 0 Å².